The number of carbonyl (C=O) groups is 2. The Labute approximate surface area is 106 Å². The molecule has 1 aliphatic carbocycles. The largest absolute Gasteiger partial charge is 0.469 e. The Hall–Kier alpha value is -1.84. The van der Waals surface area contributed by atoms with Crippen LogP contribution < -0.4 is 5.32 Å². The van der Waals surface area contributed by atoms with Gasteiger partial charge in [0.15, 0.2) is 0 Å². The summed E-state index contributed by atoms with van der Waals surface area (Å²) in [4.78, 5) is 22.7. The van der Waals surface area contributed by atoms with Gasteiger partial charge in [-0.25, -0.2) is 0 Å². The zero-order chi connectivity index (χ0) is 13.1. The number of hydrogen-bond acceptors (Lipinski definition) is 3. The molecule has 0 aromatic heterocycles. The van der Waals surface area contributed by atoms with Crippen LogP contribution in [-0.4, -0.2) is 19.0 Å². The summed E-state index contributed by atoms with van der Waals surface area (Å²) in [5.41, 5.74) is 1.70. The van der Waals surface area contributed by atoms with Crippen LogP contribution in [0.4, 0.5) is 5.69 Å². The molecule has 18 heavy (non-hydrogen) atoms. The van der Waals surface area contributed by atoms with Crippen molar-refractivity contribution < 1.29 is 14.3 Å². The third-order valence-corrected chi connectivity index (χ3v) is 3.14. The number of carbonyl (C=O) groups excluding carboxylic acids is 2. The minimum absolute atomic E-state index is 0.102. The van der Waals surface area contributed by atoms with Crippen molar-refractivity contribution in [2.24, 2.45) is 5.92 Å². The van der Waals surface area contributed by atoms with Crippen LogP contribution in [-0.2, 0) is 14.3 Å². The molecule has 96 valence electrons. The Morgan fingerprint density at radius 3 is 2.33 bits per heavy atom. The number of hydrogen-bond donors (Lipinski definition) is 1. The third kappa shape index (κ3) is 2.88. The van der Waals surface area contributed by atoms with E-state index < -0.39 is 0 Å². The van der Waals surface area contributed by atoms with E-state index in [-0.39, 0.29) is 17.8 Å². The summed E-state index contributed by atoms with van der Waals surface area (Å²) in [5.74, 6) is -0.0373. The molecule has 1 N–H and O–H groups in total. The molecule has 4 nitrogen and oxygen atoms in total. The van der Waals surface area contributed by atoms with E-state index in [2.05, 4.69) is 5.32 Å². The number of nitrogens with one attached hydrogen (secondary N) is 1. The molecule has 1 amide bonds. The van der Waals surface area contributed by atoms with E-state index in [9.17, 15) is 9.59 Å². The predicted octanol–water partition coefficient (Wildman–Crippen LogP) is 2.31. The highest BCUT2D eigenvalue weighted by molar-refractivity contribution is 5.88. The van der Waals surface area contributed by atoms with Crippen molar-refractivity contribution in [2.45, 2.75) is 25.7 Å². The van der Waals surface area contributed by atoms with Crippen LogP contribution >= 0.6 is 0 Å². The molecular weight excluding hydrogens is 230 g/mol. The highest BCUT2D eigenvalue weighted by Crippen LogP contribution is 2.43. The molecule has 1 fully saturated rings. The minimum atomic E-state index is -0.176. The maximum absolute atomic E-state index is 11.8. The van der Waals surface area contributed by atoms with Crippen molar-refractivity contribution in [3.8, 4) is 0 Å². The number of methoxy groups -OCH3 is 1. The lowest BCUT2D eigenvalue weighted by Crippen LogP contribution is -2.16. The van der Waals surface area contributed by atoms with Crippen molar-refractivity contribution in [1.82, 2.24) is 0 Å². The van der Waals surface area contributed by atoms with E-state index in [1.54, 1.807) is 0 Å². The quantitative estimate of drug-likeness (QED) is 0.831. The van der Waals surface area contributed by atoms with E-state index in [0.29, 0.717) is 5.92 Å². The van der Waals surface area contributed by atoms with Gasteiger partial charge in [-0.05, 0) is 36.5 Å². The monoisotopic (exact) mass is 247 g/mol. The molecule has 0 spiro atoms. The van der Waals surface area contributed by atoms with Crippen molar-refractivity contribution in [2.75, 3.05) is 12.4 Å². The van der Waals surface area contributed by atoms with Crippen LogP contribution in [0, 0.1) is 5.92 Å². The van der Waals surface area contributed by atoms with Crippen molar-refractivity contribution >= 4 is 17.6 Å². The van der Waals surface area contributed by atoms with Gasteiger partial charge in [-0.2, -0.15) is 0 Å². The fourth-order valence-electron chi connectivity index (χ4n) is 2.13. The van der Waals surface area contributed by atoms with E-state index in [0.717, 1.165) is 24.1 Å². The topological polar surface area (TPSA) is 55.4 Å². The lowest BCUT2D eigenvalue weighted by Gasteiger charge is -2.14. The van der Waals surface area contributed by atoms with Crippen LogP contribution in [0.3, 0.4) is 0 Å². The summed E-state index contributed by atoms with van der Waals surface area (Å²) in [6.45, 7) is 1.47. The Kier molecular flexibility index (Phi) is 3.65. The molecule has 0 radical (unpaired) electrons. The first kappa shape index (κ1) is 12.6. The van der Waals surface area contributed by atoms with Gasteiger partial charge >= 0.3 is 5.97 Å². The first-order valence-corrected chi connectivity index (χ1v) is 6.07. The molecular formula is C14H17NO3. The fraction of sp³-hybridized carbons (Fsp3) is 0.429. The molecule has 0 bridgehead atoms. The molecule has 1 atom stereocenters. The predicted molar refractivity (Wildman–Crippen MR) is 68.2 cm³/mol. The maximum atomic E-state index is 11.8. The molecule has 1 saturated carbocycles. The number of anilines is 1. The summed E-state index contributed by atoms with van der Waals surface area (Å²) in [7, 11) is 1.42. The standard InChI is InChI=1S/C14H17NO3/c1-9(16)15-12-7-5-11(6-8-12)13(10-3-4-10)14(17)18-2/h5-8,10,13H,3-4H2,1-2H3,(H,15,16). The lowest BCUT2D eigenvalue weighted by atomic mass is 9.94. The molecule has 4 heteroatoms. The Morgan fingerprint density at radius 2 is 1.89 bits per heavy atom. The van der Waals surface area contributed by atoms with Crippen LogP contribution in [0.5, 0.6) is 0 Å². The second-order valence-corrected chi connectivity index (χ2v) is 4.64. The Morgan fingerprint density at radius 1 is 1.28 bits per heavy atom. The van der Waals surface area contributed by atoms with Crippen LogP contribution in [0.15, 0.2) is 24.3 Å². The van der Waals surface area contributed by atoms with Gasteiger partial charge in [0.25, 0.3) is 0 Å². The SMILES string of the molecule is COC(=O)C(c1ccc(NC(C)=O)cc1)C1CC1. The van der Waals surface area contributed by atoms with E-state index in [1.807, 2.05) is 24.3 Å². The van der Waals surface area contributed by atoms with E-state index >= 15 is 0 Å². The van der Waals surface area contributed by atoms with Gasteiger partial charge in [0.2, 0.25) is 5.91 Å². The number of ether oxygens (including phenoxy) is 1. The number of amides is 1. The molecule has 0 aliphatic heterocycles. The molecule has 2 rings (SSSR count). The second-order valence-electron chi connectivity index (χ2n) is 4.64. The first-order chi connectivity index (χ1) is 8.61. The number of benzene rings is 1. The van der Waals surface area contributed by atoms with Gasteiger partial charge in [-0.15, -0.1) is 0 Å². The molecule has 1 aromatic rings. The minimum Gasteiger partial charge on any atom is -0.469 e. The summed E-state index contributed by atoms with van der Waals surface area (Å²) in [6, 6.07) is 7.39. The summed E-state index contributed by atoms with van der Waals surface area (Å²) < 4.78 is 4.85. The average molecular weight is 247 g/mol. The number of rotatable bonds is 4. The molecule has 1 unspecified atom stereocenters. The average Bonchev–Trinajstić information content (AvgIpc) is 3.15. The zero-order valence-corrected chi connectivity index (χ0v) is 10.6. The molecule has 1 aromatic carbocycles. The molecule has 0 heterocycles. The van der Waals surface area contributed by atoms with Gasteiger partial charge < -0.3 is 10.1 Å². The van der Waals surface area contributed by atoms with Gasteiger partial charge in [0.1, 0.15) is 0 Å². The van der Waals surface area contributed by atoms with Crippen molar-refractivity contribution in [3.63, 3.8) is 0 Å². The zero-order valence-electron chi connectivity index (χ0n) is 10.6. The Bertz CT molecular complexity index is 449. The van der Waals surface area contributed by atoms with Gasteiger partial charge in [-0.1, -0.05) is 12.1 Å². The van der Waals surface area contributed by atoms with Crippen molar-refractivity contribution in [3.05, 3.63) is 29.8 Å². The highest BCUT2D eigenvalue weighted by Gasteiger charge is 2.37. The fourth-order valence-corrected chi connectivity index (χ4v) is 2.13. The van der Waals surface area contributed by atoms with E-state index in [1.165, 1.54) is 14.0 Å². The van der Waals surface area contributed by atoms with Gasteiger partial charge in [0.05, 0.1) is 13.0 Å². The van der Waals surface area contributed by atoms with Crippen molar-refractivity contribution in [1.29, 1.82) is 0 Å². The molecule has 1 aliphatic rings. The third-order valence-electron chi connectivity index (χ3n) is 3.14. The number of esters is 1. The summed E-state index contributed by atoms with van der Waals surface area (Å²) in [5, 5.41) is 2.70. The Balaban J connectivity index is 2.16. The summed E-state index contributed by atoms with van der Waals surface area (Å²) >= 11 is 0. The second kappa shape index (κ2) is 5.21. The smallest absolute Gasteiger partial charge is 0.313 e. The maximum Gasteiger partial charge on any atom is 0.313 e. The van der Waals surface area contributed by atoms with Crippen LogP contribution in [0.25, 0.3) is 0 Å². The van der Waals surface area contributed by atoms with Crippen LogP contribution in [0.2, 0.25) is 0 Å². The normalized spacial score (nSPS) is 15.9. The highest BCUT2D eigenvalue weighted by atomic mass is 16.5. The van der Waals surface area contributed by atoms with Gasteiger partial charge in [-0.3, -0.25) is 9.59 Å². The van der Waals surface area contributed by atoms with E-state index in [4.69, 9.17) is 4.74 Å². The van der Waals surface area contributed by atoms with Crippen LogP contribution in [0.1, 0.15) is 31.2 Å². The lowest BCUT2D eigenvalue weighted by molar-refractivity contribution is -0.143. The molecule has 0 saturated heterocycles. The first-order valence-electron chi connectivity index (χ1n) is 6.07. The van der Waals surface area contributed by atoms with Gasteiger partial charge in [0, 0.05) is 12.6 Å². The summed E-state index contributed by atoms with van der Waals surface area (Å²) in [6.07, 6.45) is 2.15.